The van der Waals surface area contributed by atoms with E-state index in [0.29, 0.717) is 0 Å². The van der Waals surface area contributed by atoms with Crippen LogP contribution in [0.25, 0.3) is 11.1 Å². The van der Waals surface area contributed by atoms with Gasteiger partial charge in [0, 0.05) is 18.8 Å². The number of ether oxygens (including phenoxy) is 1. The predicted octanol–water partition coefficient (Wildman–Crippen LogP) is 3.93. The molecule has 2 aromatic carbocycles. The summed E-state index contributed by atoms with van der Waals surface area (Å²) in [5.74, 6) is 0.814. The molecule has 4 nitrogen and oxygen atoms in total. The van der Waals surface area contributed by atoms with Gasteiger partial charge in [0.2, 0.25) is 0 Å². The van der Waals surface area contributed by atoms with Crippen molar-refractivity contribution in [1.29, 1.82) is 0 Å². The molecule has 128 valence electrons. The number of aromatic nitrogens is 1. The van der Waals surface area contributed by atoms with Crippen LogP contribution in [-0.2, 0) is 0 Å². The van der Waals surface area contributed by atoms with E-state index in [9.17, 15) is 5.11 Å². The van der Waals surface area contributed by atoms with Gasteiger partial charge in [-0.05, 0) is 29.3 Å². The normalized spacial score (nSPS) is 11.8. The molecule has 1 N–H and O–H groups in total. The van der Waals surface area contributed by atoms with E-state index < -0.39 is 0 Å². The van der Waals surface area contributed by atoms with Gasteiger partial charge in [0.25, 0.3) is 0 Å². The third kappa shape index (κ3) is 3.80. The Bertz CT molecular complexity index is 821. The minimum Gasteiger partial charge on any atom is -0.497 e. The number of aliphatic hydroxyl groups is 1. The number of aliphatic hydroxyl groups excluding tert-OH is 1. The Labute approximate surface area is 148 Å². The van der Waals surface area contributed by atoms with Crippen molar-refractivity contribution in [1.82, 2.24) is 4.98 Å². The number of nitrogens with zero attached hydrogens (tertiary/aromatic N) is 2. The Morgan fingerprint density at radius 3 is 2.52 bits per heavy atom. The molecule has 0 bridgehead atoms. The smallest absolute Gasteiger partial charge is 0.119 e. The zero-order valence-corrected chi connectivity index (χ0v) is 14.5. The number of benzene rings is 2. The lowest BCUT2D eigenvalue weighted by Gasteiger charge is -2.29. The van der Waals surface area contributed by atoms with E-state index in [4.69, 9.17) is 4.74 Å². The van der Waals surface area contributed by atoms with Gasteiger partial charge in [0.1, 0.15) is 5.75 Å². The molecule has 1 atom stereocenters. The molecule has 25 heavy (non-hydrogen) atoms. The fourth-order valence-corrected chi connectivity index (χ4v) is 2.89. The van der Waals surface area contributed by atoms with E-state index in [1.165, 1.54) is 0 Å². The molecule has 1 aromatic heterocycles. The maximum Gasteiger partial charge on any atom is 0.119 e. The first kappa shape index (κ1) is 17.0. The van der Waals surface area contributed by atoms with Crippen LogP contribution < -0.4 is 9.64 Å². The summed E-state index contributed by atoms with van der Waals surface area (Å²) in [6, 6.07) is 19.8. The van der Waals surface area contributed by atoms with Crippen LogP contribution >= 0.6 is 0 Å². The molecule has 0 aliphatic heterocycles. The summed E-state index contributed by atoms with van der Waals surface area (Å²) in [5.41, 5.74) is 4.07. The van der Waals surface area contributed by atoms with E-state index >= 15 is 0 Å². The van der Waals surface area contributed by atoms with Crippen LogP contribution in [0.1, 0.15) is 11.6 Å². The summed E-state index contributed by atoms with van der Waals surface area (Å²) in [6.07, 6.45) is 3.65. The van der Waals surface area contributed by atoms with Gasteiger partial charge < -0.3 is 14.7 Å². The highest BCUT2D eigenvalue weighted by molar-refractivity contribution is 5.68. The Morgan fingerprint density at radius 1 is 1.00 bits per heavy atom. The Kier molecular flexibility index (Phi) is 5.31. The largest absolute Gasteiger partial charge is 0.497 e. The molecule has 0 aliphatic rings. The van der Waals surface area contributed by atoms with Gasteiger partial charge in [-0.25, -0.2) is 0 Å². The van der Waals surface area contributed by atoms with Crippen molar-refractivity contribution in [3.05, 3.63) is 78.6 Å². The molecule has 0 radical (unpaired) electrons. The van der Waals surface area contributed by atoms with Gasteiger partial charge in [0.15, 0.2) is 0 Å². The zero-order chi connectivity index (χ0) is 17.6. The molecular weight excluding hydrogens is 312 g/mol. The second-order valence-electron chi connectivity index (χ2n) is 5.88. The van der Waals surface area contributed by atoms with Crippen molar-refractivity contribution in [3.63, 3.8) is 0 Å². The third-order valence-electron chi connectivity index (χ3n) is 4.36. The number of rotatable bonds is 6. The predicted molar refractivity (Wildman–Crippen MR) is 101 cm³/mol. The molecular formula is C21H22N2O2. The van der Waals surface area contributed by atoms with Crippen LogP contribution in [0, 0.1) is 0 Å². The Balaban J connectivity index is 1.92. The van der Waals surface area contributed by atoms with Crippen molar-refractivity contribution in [2.24, 2.45) is 0 Å². The zero-order valence-electron chi connectivity index (χ0n) is 14.5. The number of hydrogen-bond donors (Lipinski definition) is 1. The SMILES string of the molecule is COc1cccc(-c2cncc(N(C)[C@@H](CO)c3ccccc3)c2)c1. The minimum absolute atomic E-state index is 0.0316. The number of pyridine rings is 1. The van der Waals surface area contributed by atoms with Gasteiger partial charge in [-0.3, -0.25) is 4.98 Å². The summed E-state index contributed by atoms with van der Waals surface area (Å²) >= 11 is 0. The van der Waals surface area contributed by atoms with Crippen molar-refractivity contribution in [3.8, 4) is 16.9 Å². The molecule has 0 fully saturated rings. The number of methoxy groups -OCH3 is 1. The standard InChI is InChI=1S/C21H22N2O2/c1-23(21(15-24)16-7-4-3-5-8-16)19-11-18(13-22-14-19)17-9-6-10-20(12-17)25-2/h3-14,21,24H,15H2,1-2H3/t21-/m0/s1. The molecule has 3 aromatic rings. The van der Waals surface area contributed by atoms with Crippen molar-refractivity contribution in [2.75, 3.05) is 25.7 Å². The summed E-state index contributed by atoms with van der Waals surface area (Å²) in [5, 5.41) is 9.89. The average Bonchev–Trinajstić information content (AvgIpc) is 2.69. The van der Waals surface area contributed by atoms with E-state index in [1.807, 2.05) is 78.9 Å². The highest BCUT2D eigenvalue weighted by Gasteiger charge is 2.17. The lowest BCUT2D eigenvalue weighted by atomic mass is 10.0. The van der Waals surface area contributed by atoms with Crippen molar-refractivity contribution in [2.45, 2.75) is 6.04 Å². The fourth-order valence-electron chi connectivity index (χ4n) is 2.89. The first-order valence-electron chi connectivity index (χ1n) is 8.21. The van der Waals surface area contributed by atoms with Gasteiger partial charge in [-0.2, -0.15) is 0 Å². The Hall–Kier alpha value is -2.85. The summed E-state index contributed by atoms with van der Waals surface area (Å²) in [4.78, 5) is 6.43. The van der Waals surface area contributed by atoms with Gasteiger partial charge in [0.05, 0.1) is 31.6 Å². The van der Waals surface area contributed by atoms with Gasteiger partial charge >= 0.3 is 0 Å². The molecule has 4 heteroatoms. The highest BCUT2D eigenvalue weighted by atomic mass is 16.5. The van der Waals surface area contributed by atoms with Crippen LogP contribution in [0.2, 0.25) is 0 Å². The lowest BCUT2D eigenvalue weighted by molar-refractivity contribution is 0.264. The molecule has 0 saturated heterocycles. The number of anilines is 1. The van der Waals surface area contributed by atoms with E-state index in [2.05, 4.69) is 11.1 Å². The van der Waals surface area contributed by atoms with Crippen LogP contribution in [0.4, 0.5) is 5.69 Å². The van der Waals surface area contributed by atoms with Crippen LogP contribution in [0.15, 0.2) is 73.1 Å². The van der Waals surface area contributed by atoms with Crippen molar-refractivity contribution < 1.29 is 9.84 Å². The summed E-state index contributed by atoms with van der Waals surface area (Å²) in [6.45, 7) is 0.0316. The number of hydrogen-bond acceptors (Lipinski definition) is 4. The van der Waals surface area contributed by atoms with Gasteiger partial charge in [-0.1, -0.05) is 42.5 Å². The van der Waals surface area contributed by atoms with Gasteiger partial charge in [-0.15, -0.1) is 0 Å². The molecule has 1 heterocycles. The van der Waals surface area contributed by atoms with E-state index in [1.54, 1.807) is 7.11 Å². The highest BCUT2D eigenvalue weighted by Crippen LogP contribution is 2.29. The molecule has 0 unspecified atom stereocenters. The van der Waals surface area contributed by atoms with Crippen molar-refractivity contribution >= 4 is 5.69 Å². The second-order valence-corrected chi connectivity index (χ2v) is 5.88. The summed E-state index contributed by atoms with van der Waals surface area (Å²) < 4.78 is 5.30. The molecule has 0 aliphatic carbocycles. The second kappa shape index (κ2) is 7.81. The van der Waals surface area contributed by atoms with E-state index in [0.717, 1.165) is 28.1 Å². The average molecular weight is 334 g/mol. The molecule has 0 spiro atoms. The molecule has 3 rings (SSSR count). The van der Waals surface area contributed by atoms with Crippen LogP contribution in [0.3, 0.4) is 0 Å². The quantitative estimate of drug-likeness (QED) is 0.742. The maximum atomic E-state index is 9.89. The monoisotopic (exact) mass is 334 g/mol. The summed E-state index contributed by atoms with van der Waals surface area (Å²) in [7, 11) is 3.63. The molecule has 0 amide bonds. The van der Waals surface area contributed by atoms with Crippen LogP contribution in [-0.4, -0.2) is 30.9 Å². The topological polar surface area (TPSA) is 45.6 Å². The Morgan fingerprint density at radius 2 is 1.80 bits per heavy atom. The maximum absolute atomic E-state index is 9.89. The fraction of sp³-hybridized carbons (Fsp3) is 0.190. The first-order valence-corrected chi connectivity index (χ1v) is 8.21. The number of likely N-dealkylation sites (N-methyl/N-ethyl adjacent to an activating group) is 1. The van der Waals surface area contributed by atoms with E-state index in [-0.39, 0.29) is 12.6 Å². The third-order valence-corrected chi connectivity index (χ3v) is 4.36. The molecule has 0 saturated carbocycles. The lowest BCUT2D eigenvalue weighted by Crippen LogP contribution is -2.27. The minimum atomic E-state index is -0.122. The van der Waals surface area contributed by atoms with Crippen LogP contribution in [0.5, 0.6) is 5.75 Å². The first-order chi connectivity index (χ1) is 12.2.